The lowest BCUT2D eigenvalue weighted by Crippen LogP contribution is -2.12. The van der Waals surface area contributed by atoms with E-state index in [0.717, 1.165) is 22.8 Å². The van der Waals surface area contributed by atoms with Crippen molar-refractivity contribution in [2.24, 2.45) is 17.3 Å². The smallest absolute Gasteiger partial charge is 0.426 e. The molecule has 0 bridgehead atoms. The molecule has 2 nitrogen and oxygen atoms in total. The lowest BCUT2D eigenvalue weighted by molar-refractivity contribution is -0.147. The molecule has 2 atom stereocenters. The Balaban J connectivity index is 2.12. The Morgan fingerprint density at radius 1 is 1.30 bits per heavy atom. The molecule has 0 saturated heterocycles. The van der Waals surface area contributed by atoms with E-state index < -0.39 is 34.4 Å². The molecule has 2 unspecified atom stereocenters. The second kappa shape index (κ2) is 7.50. The molecule has 0 radical (unpaired) electrons. The van der Waals surface area contributed by atoms with Gasteiger partial charge < -0.3 is 4.74 Å². The highest BCUT2D eigenvalue weighted by molar-refractivity contribution is 6.30. The van der Waals surface area contributed by atoms with Crippen molar-refractivity contribution < 1.29 is 22.7 Å². The summed E-state index contributed by atoms with van der Waals surface area (Å²) in [5.41, 5.74) is 3.65. The van der Waals surface area contributed by atoms with Gasteiger partial charge in [0.2, 0.25) is 0 Å². The number of rotatable bonds is 5. The van der Waals surface area contributed by atoms with Crippen LogP contribution in [0.2, 0.25) is 0 Å². The largest absolute Gasteiger partial charge is 0.461 e. The molecule has 150 valence electrons. The molecule has 1 fully saturated rings. The van der Waals surface area contributed by atoms with E-state index in [0.29, 0.717) is 5.92 Å². The van der Waals surface area contributed by atoms with E-state index in [4.69, 9.17) is 16.3 Å². The number of benzene rings is 1. The molecule has 0 heterocycles. The number of halogens is 4. The number of ether oxygens (including phenoxy) is 1. The normalized spacial score (nSPS) is 22.1. The maximum atomic E-state index is 12.7. The topological polar surface area (TPSA) is 26.3 Å². The average Bonchev–Trinajstić information content (AvgIpc) is 3.06. The van der Waals surface area contributed by atoms with Crippen LogP contribution >= 0.6 is 11.6 Å². The van der Waals surface area contributed by atoms with Crippen molar-refractivity contribution in [2.75, 3.05) is 0 Å². The summed E-state index contributed by atoms with van der Waals surface area (Å²) < 4.78 is 43.5. The van der Waals surface area contributed by atoms with Gasteiger partial charge in [0.05, 0.1) is 5.92 Å². The van der Waals surface area contributed by atoms with Crippen LogP contribution in [0.4, 0.5) is 13.2 Å². The van der Waals surface area contributed by atoms with Crippen LogP contribution in [0.15, 0.2) is 23.2 Å². The molecule has 6 heteroatoms. The Morgan fingerprint density at radius 2 is 1.89 bits per heavy atom. The molecule has 1 aliphatic rings. The number of hydrogen-bond acceptors (Lipinski definition) is 2. The van der Waals surface area contributed by atoms with E-state index in [-0.39, 0.29) is 6.61 Å². The minimum Gasteiger partial charge on any atom is -0.461 e. The van der Waals surface area contributed by atoms with E-state index in [1.54, 1.807) is 13.8 Å². The third-order valence-electron chi connectivity index (χ3n) is 5.62. The lowest BCUT2D eigenvalue weighted by atomic mass is 9.92. The summed E-state index contributed by atoms with van der Waals surface area (Å²) in [6.07, 6.45) is -3.66. The Kier molecular flexibility index (Phi) is 6.05. The van der Waals surface area contributed by atoms with Gasteiger partial charge >= 0.3 is 12.1 Å². The van der Waals surface area contributed by atoms with Crippen molar-refractivity contribution in [1.29, 1.82) is 0 Å². The van der Waals surface area contributed by atoms with E-state index in [9.17, 15) is 18.0 Å². The predicted molar refractivity (Wildman–Crippen MR) is 101 cm³/mol. The van der Waals surface area contributed by atoms with Gasteiger partial charge in [-0.15, -0.1) is 0 Å². The highest BCUT2D eigenvalue weighted by atomic mass is 35.5. The first-order valence-corrected chi connectivity index (χ1v) is 9.36. The number of esters is 1. The molecule has 0 amide bonds. The number of allylic oxidation sites excluding steroid dienone is 2. The van der Waals surface area contributed by atoms with Gasteiger partial charge in [0.15, 0.2) is 0 Å². The molecule has 0 aliphatic heterocycles. The quantitative estimate of drug-likeness (QED) is 0.530. The number of alkyl halides is 3. The minimum atomic E-state index is -4.60. The summed E-state index contributed by atoms with van der Waals surface area (Å²) >= 11 is 5.33. The fourth-order valence-corrected chi connectivity index (χ4v) is 3.82. The fraction of sp³-hybridized carbons (Fsp3) is 0.571. The SMILES string of the molecule is Cc1ccc(C(C)C)c(C)c1COC(=O)C1C(/C=C(\Cl)C(F)(F)F)C1(C)C. The first-order valence-electron chi connectivity index (χ1n) is 8.98. The van der Waals surface area contributed by atoms with Crippen LogP contribution in [0.25, 0.3) is 0 Å². The third-order valence-corrected chi connectivity index (χ3v) is 5.96. The van der Waals surface area contributed by atoms with Crippen LogP contribution in [-0.2, 0) is 16.1 Å². The Morgan fingerprint density at radius 3 is 2.41 bits per heavy atom. The number of carbonyl (C=O) groups excluding carboxylic acids is 1. The summed E-state index contributed by atoms with van der Waals surface area (Å²) in [4.78, 5) is 12.5. The second-order valence-corrected chi connectivity index (χ2v) is 8.58. The van der Waals surface area contributed by atoms with Crippen molar-refractivity contribution in [3.63, 3.8) is 0 Å². The monoisotopic (exact) mass is 402 g/mol. The molecule has 1 aliphatic carbocycles. The summed E-state index contributed by atoms with van der Waals surface area (Å²) in [5.74, 6) is -1.34. The maximum Gasteiger partial charge on any atom is 0.426 e. The van der Waals surface area contributed by atoms with E-state index in [1.807, 2.05) is 19.9 Å². The first kappa shape index (κ1) is 21.8. The summed E-state index contributed by atoms with van der Waals surface area (Å²) in [6.45, 7) is 11.8. The van der Waals surface area contributed by atoms with Gasteiger partial charge in [-0.05, 0) is 53.4 Å². The zero-order valence-electron chi connectivity index (χ0n) is 16.5. The van der Waals surface area contributed by atoms with Crippen LogP contribution < -0.4 is 0 Å². The van der Waals surface area contributed by atoms with Gasteiger partial charge in [0, 0.05) is 0 Å². The maximum absolute atomic E-state index is 12.7. The van der Waals surface area contributed by atoms with Crippen molar-refractivity contribution in [3.8, 4) is 0 Å². The standard InChI is InChI=1S/C21H26ClF3O2/c1-11(2)14-8-7-12(3)15(13(14)4)10-27-19(26)18-16(20(18,5)6)9-17(22)21(23,24)25/h7-9,11,16,18H,10H2,1-6H3/b17-9-. The zero-order valence-corrected chi connectivity index (χ0v) is 17.3. The molecule has 1 saturated carbocycles. The number of hydrogen-bond donors (Lipinski definition) is 0. The second-order valence-electron chi connectivity index (χ2n) is 8.17. The lowest BCUT2D eigenvalue weighted by Gasteiger charge is -2.17. The molecule has 0 aromatic heterocycles. The van der Waals surface area contributed by atoms with Gasteiger partial charge in [0.25, 0.3) is 0 Å². The molecule has 1 aromatic rings. The van der Waals surface area contributed by atoms with Crippen LogP contribution in [-0.4, -0.2) is 12.1 Å². The average molecular weight is 403 g/mol. The van der Waals surface area contributed by atoms with Crippen LogP contribution in [0.5, 0.6) is 0 Å². The van der Waals surface area contributed by atoms with Gasteiger partial charge in [-0.25, -0.2) is 0 Å². The highest BCUT2D eigenvalue weighted by Gasteiger charge is 2.62. The summed E-state index contributed by atoms with van der Waals surface area (Å²) in [6, 6.07) is 4.08. The molecule has 0 N–H and O–H groups in total. The zero-order chi connectivity index (χ0) is 20.7. The van der Waals surface area contributed by atoms with Crippen molar-refractivity contribution in [2.45, 2.75) is 60.2 Å². The predicted octanol–water partition coefficient (Wildman–Crippen LogP) is 6.43. The molecule has 0 spiro atoms. The minimum absolute atomic E-state index is 0.118. The molecular formula is C21H26ClF3O2. The molecule has 1 aromatic carbocycles. The Hall–Kier alpha value is -1.49. The fourth-order valence-electron chi connectivity index (χ4n) is 3.68. The van der Waals surface area contributed by atoms with E-state index >= 15 is 0 Å². The summed E-state index contributed by atoms with van der Waals surface area (Å²) in [7, 11) is 0. The highest BCUT2D eigenvalue weighted by Crippen LogP contribution is 2.60. The van der Waals surface area contributed by atoms with Gasteiger partial charge in [-0.3, -0.25) is 4.79 Å². The summed E-state index contributed by atoms with van der Waals surface area (Å²) in [5, 5.41) is -1.19. The van der Waals surface area contributed by atoms with Crippen LogP contribution in [0.3, 0.4) is 0 Å². The van der Waals surface area contributed by atoms with Crippen molar-refractivity contribution >= 4 is 17.6 Å². The van der Waals surface area contributed by atoms with Crippen LogP contribution in [0.1, 0.15) is 55.9 Å². The van der Waals surface area contributed by atoms with Gasteiger partial charge in [-0.2, -0.15) is 13.2 Å². The van der Waals surface area contributed by atoms with Gasteiger partial charge in [0.1, 0.15) is 11.6 Å². The molecule has 27 heavy (non-hydrogen) atoms. The van der Waals surface area contributed by atoms with Crippen LogP contribution in [0, 0.1) is 31.1 Å². The third kappa shape index (κ3) is 4.50. The Bertz CT molecular complexity index is 763. The number of aryl methyl sites for hydroxylation is 1. The molecule has 2 rings (SSSR count). The van der Waals surface area contributed by atoms with E-state index in [2.05, 4.69) is 19.9 Å². The van der Waals surface area contributed by atoms with Crippen molar-refractivity contribution in [3.05, 3.63) is 45.5 Å². The first-order chi connectivity index (χ1) is 12.3. The Labute approximate surface area is 163 Å². The van der Waals surface area contributed by atoms with Crippen molar-refractivity contribution in [1.82, 2.24) is 0 Å². The number of carbonyl (C=O) groups is 1. The van der Waals surface area contributed by atoms with E-state index in [1.165, 1.54) is 5.56 Å². The van der Waals surface area contributed by atoms with Gasteiger partial charge in [-0.1, -0.05) is 57.5 Å². The molecular weight excluding hydrogens is 377 g/mol.